The van der Waals surface area contributed by atoms with Crippen LogP contribution in [0.1, 0.15) is 25.7 Å². The summed E-state index contributed by atoms with van der Waals surface area (Å²) in [5.41, 5.74) is 0. The summed E-state index contributed by atoms with van der Waals surface area (Å²) < 4.78 is 21.1. The summed E-state index contributed by atoms with van der Waals surface area (Å²) >= 11 is 0. The second kappa shape index (κ2) is 20.8. The molecule has 0 radical (unpaired) electrons. The predicted molar refractivity (Wildman–Crippen MR) is 93.4 cm³/mol. The molecule has 0 saturated heterocycles. The van der Waals surface area contributed by atoms with Gasteiger partial charge in [-0.25, -0.2) is 0 Å². The molecular weight excluding hydrogens is 314 g/mol. The third-order valence-electron chi connectivity index (χ3n) is 3.48. The Balaban J connectivity index is 3.64. The number of methoxy groups -OCH3 is 1. The van der Waals surface area contributed by atoms with Crippen molar-refractivity contribution < 1.29 is 29.2 Å². The molecule has 0 aliphatic carbocycles. The Bertz CT molecular complexity index is 215. The largest absolute Gasteiger partial charge is 0.394 e. The van der Waals surface area contributed by atoms with Gasteiger partial charge >= 0.3 is 0 Å². The van der Waals surface area contributed by atoms with Crippen molar-refractivity contribution >= 4 is 0 Å². The van der Waals surface area contributed by atoms with E-state index < -0.39 is 0 Å². The number of nitrogens with zero attached hydrogens (tertiary/aromatic N) is 1. The van der Waals surface area contributed by atoms with Gasteiger partial charge < -0.3 is 34.1 Å². The van der Waals surface area contributed by atoms with Crippen LogP contribution in [0.4, 0.5) is 0 Å². The Labute approximate surface area is 146 Å². The van der Waals surface area contributed by atoms with Crippen molar-refractivity contribution in [1.29, 1.82) is 0 Å². The molecule has 0 spiro atoms. The molecule has 2 N–H and O–H groups in total. The first-order valence-corrected chi connectivity index (χ1v) is 9.01. The van der Waals surface area contributed by atoms with Gasteiger partial charge in [-0.15, -0.1) is 0 Å². The zero-order valence-corrected chi connectivity index (χ0v) is 15.3. The van der Waals surface area contributed by atoms with Crippen LogP contribution in [0, 0.1) is 0 Å². The van der Waals surface area contributed by atoms with Crippen molar-refractivity contribution in [3.63, 3.8) is 0 Å². The lowest BCUT2D eigenvalue weighted by Gasteiger charge is -2.22. The van der Waals surface area contributed by atoms with Crippen molar-refractivity contribution in [3.8, 4) is 0 Å². The molecule has 0 unspecified atom stereocenters. The van der Waals surface area contributed by atoms with Crippen molar-refractivity contribution in [2.24, 2.45) is 0 Å². The first-order chi connectivity index (χ1) is 11.8. The van der Waals surface area contributed by atoms with Gasteiger partial charge in [0.05, 0.1) is 46.2 Å². The molecule has 0 aromatic heterocycles. The molecule has 0 amide bonds. The molecule has 0 aromatic carbocycles. The zero-order chi connectivity index (χ0) is 17.7. The Kier molecular flexibility index (Phi) is 20.5. The highest BCUT2D eigenvalue weighted by Crippen LogP contribution is 2.01. The van der Waals surface area contributed by atoms with Crippen LogP contribution in [0.2, 0.25) is 0 Å². The summed E-state index contributed by atoms with van der Waals surface area (Å²) in [6.07, 6.45) is 4.32. The van der Waals surface area contributed by atoms with E-state index in [0.717, 1.165) is 58.5 Å². The minimum atomic E-state index is 0.0539. The molecule has 0 bridgehead atoms. The highest BCUT2D eigenvalue weighted by atomic mass is 16.5. The minimum absolute atomic E-state index is 0.0539. The molecule has 0 aromatic rings. The molecule has 7 heteroatoms. The topological polar surface area (TPSA) is 80.6 Å². The van der Waals surface area contributed by atoms with E-state index in [-0.39, 0.29) is 13.2 Å². The van der Waals surface area contributed by atoms with Crippen LogP contribution >= 0.6 is 0 Å². The summed E-state index contributed by atoms with van der Waals surface area (Å²) in [5.74, 6) is 0. The van der Waals surface area contributed by atoms with Gasteiger partial charge in [-0.1, -0.05) is 0 Å². The minimum Gasteiger partial charge on any atom is -0.394 e. The normalized spacial score (nSPS) is 11.5. The highest BCUT2D eigenvalue weighted by Gasteiger charge is 2.05. The molecule has 0 heterocycles. The van der Waals surface area contributed by atoms with Crippen molar-refractivity contribution in [3.05, 3.63) is 0 Å². The van der Waals surface area contributed by atoms with Crippen molar-refractivity contribution in [1.82, 2.24) is 4.90 Å². The zero-order valence-electron chi connectivity index (χ0n) is 15.3. The van der Waals surface area contributed by atoms with Crippen molar-refractivity contribution in [2.45, 2.75) is 25.7 Å². The predicted octanol–water partition coefficient (Wildman–Crippen LogP) is 0.530. The lowest BCUT2D eigenvalue weighted by atomic mass is 10.2. The van der Waals surface area contributed by atoms with Crippen LogP contribution in [0.25, 0.3) is 0 Å². The van der Waals surface area contributed by atoms with Crippen LogP contribution < -0.4 is 0 Å². The third-order valence-corrected chi connectivity index (χ3v) is 3.48. The van der Waals surface area contributed by atoms with Crippen molar-refractivity contribution in [2.75, 3.05) is 86.2 Å². The fourth-order valence-electron chi connectivity index (χ4n) is 2.23. The molecule has 0 saturated carbocycles. The second-order valence-corrected chi connectivity index (χ2v) is 5.53. The molecule has 0 aliphatic rings. The van der Waals surface area contributed by atoms with E-state index in [1.54, 1.807) is 7.11 Å². The lowest BCUT2D eigenvalue weighted by molar-refractivity contribution is 0.0257. The summed E-state index contributed by atoms with van der Waals surface area (Å²) in [6, 6.07) is 0. The first-order valence-electron chi connectivity index (χ1n) is 9.01. The SMILES string of the molecule is COCCCN(CCCCCOCCO)CCOCCOCCO. The molecule has 0 fully saturated rings. The molecule has 0 aliphatic heterocycles. The maximum absolute atomic E-state index is 8.63. The summed E-state index contributed by atoms with van der Waals surface area (Å²) in [6.45, 7) is 7.20. The smallest absolute Gasteiger partial charge is 0.0701 e. The average Bonchev–Trinajstić information content (AvgIpc) is 2.59. The molecular formula is C17H37NO6. The second-order valence-electron chi connectivity index (χ2n) is 5.53. The van der Waals surface area contributed by atoms with Crippen LogP contribution in [-0.2, 0) is 18.9 Å². The Morgan fingerprint density at radius 3 is 1.88 bits per heavy atom. The van der Waals surface area contributed by atoms with E-state index in [4.69, 9.17) is 29.2 Å². The summed E-state index contributed by atoms with van der Waals surface area (Å²) in [5, 5.41) is 17.2. The number of ether oxygens (including phenoxy) is 4. The highest BCUT2D eigenvalue weighted by molar-refractivity contribution is 4.58. The molecule has 146 valence electrons. The summed E-state index contributed by atoms with van der Waals surface area (Å²) in [7, 11) is 1.73. The summed E-state index contributed by atoms with van der Waals surface area (Å²) in [4.78, 5) is 2.40. The molecule has 0 rings (SSSR count). The molecule has 7 nitrogen and oxygen atoms in total. The van der Waals surface area contributed by atoms with Crippen LogP contribution in [-0.4, -0.2) is 101 Å². The quantitative estimate of drug-likeness (QED) is 0.310. The fraction of sp³-hybridized carbons (Fsp3) is 1.00. The monoisotopic (exact) mass is 351 g/mol. The van der Waals surface area contributed by atoms with Gasteiger partial charge in [-0.3, -0.25) is 0 Å². The van der Waals surface area contributed by atoms with Gasteiger partial charge in [-0.2, -0.15) is 0 Å². The number of hydrogen-bond acceptors (Lipinski definition) is 7. The van der Waals surface area contributed by atoms with Gasteiger partial charge in [0.1, 0.15) is 0 Å². The van der Waals surface area contributed by atoms with Gasteiger partial charge in [0.25, 0.3) is 0 Å². The standard InChI is InChI=1S/C17H37NO6/c1-21-11-5-7-18(6-3-2-4-12-22-14-9-19)8-13-23-16-17-24-15-10-20/h19-20H,2-17H2,1H3. The van der Waals surface area contributed by atoms with E-state index in [9.17, 15) is 0 Å². The number of rotatable bonds is 20. The number of unbranched alkanes of at least 4 members (excludes halogenated alkanes) is 2. The van der Waals surface area contributed by atoms with E-state index in [2.05, 4.69) is 4.90 Å². The van der Waals surface area contributed by atoms with Gasteiger partial charge in [0.2, 0.25) is 0 Å². The van der Waals surface area contributed by atoms with E-state index in [0.29, 0.717) is 33.0 Å². The van der Waals surface area contributed by atoms with E-state index in [1.807, 2.05) is 0 Å². The molecule has 0 atom stereocenters. The Morgan fingerprint density at radius 2 is 1.21 bits per heavy atom. The fourth-order valence-corrected chi connectivity index (χ4v) is 2.23. The maximum Gasteiger partial charge on any atom is 0.0701 e. The van der Waals surface area contributed by atoms with Crippen LogP contribution in [0.5, 0.6) is 0 Å². The third kappa shape index (κ3) is 18.1. The van der Waals surface area contributed by atoms with E-state index in [1.165, 1.54) is 0 Å². The maximum atomic E-state index is 8.63. The Hall–Kier alpha value is -0.280. The van der Waals surface area contributed by atoms with E-state index >= 15 is 0 Å². The first kappa shape index (κ1) is 23.7. The number of hydrogen-bond donors (Lipinski definition) is 2. The van der Waals surface area contributed by atoms with Crippen LogP contribution in [0.15, 0.2) is 0 Å². The van der Waals surface area contributed by atoms with Gasteiger partial charge in [-0.05, 0) is 32.2 Å². The van der Waals surface area contributed by atoms with Crippen LogP contribution in [0.3, 0.4) is 0 Å². The lowest BCUT2D eigenvalue weighted by Crippen LogP contribution is -2.30. The van der Waals surface area contributed by atoms with Gasteiger partial charge in [0.15, 0.2) is 0 Å². The average molecular weight is 351 g/mol. The number of aliphatic hydroxyl groups is 2. The number of aliphatic hydroxyl groups excluding tert-OH is 2. The molecule has 24 heavy (non-hydrogen) atoms. The van der Waals surface area contributed by atoms with Gasteiger partial charge in [0, 0.05) is 33.4 Å². The Morgan fingerprint density at radius 1 is 0.583 bits per heavy atom.